The molecule has 0 aliphatic rings. The highest BCUT2D eigenvalue weighted by atomic mass is 16.5. The number of hydrogen-bond acceptors (Lipinski definition) is 5. The van der Waals surface area contributed by atoms with Crippen LogP contribution in [-0.4, -0.2) is 38.1 Å². The normalized spacial score (nSPS) is 11.8. The van der Waals surface area contributed by atoms with Gasteiger partial charge < -0.3 is 24.4 Å². The Morgan fingerprint density at radius 3 is 2.26 bits per heavy atom. The summed E-state index contributed by atoms with van der Waals surface area (Å²) in [5, 5.41) is 19.7. The molecule has 0 saturated carbocycles. The predicted molar refractivity (Wildman–Crippen MR) is 87.8 cm³/mol. The van der Waals surface area contributed by atoms with Gasteiger partial charge in [0.05, 0.1) is 21.3 Å². The number of aliphatic hydroxyl groups excluding tert-OH is 1. The SMILES string of the molecule is COc1ccc(O)c(C(CCO)c2ccc(OC)c(OC)c2)c1. The van der Waals surface area contributed by atoms with Gasteiger partial charge in [0.1, 0.15) is 11.5 Å². The quantitative estimate of drug-likeness (QED) is 0.821. The van der Waals surface area contributed by atoms with E-state index in [2.05, 4.69) is 0 Å². The van der Waals surface area contributed by atoms with Crippen LogP contribution in [0.15, 0.2) is 36.4 Å². The largest absolute Gasteiger partial charge is 0.508 e. The third-order valence-electron chi connectivity index (χ3n) is 3.84. The average Bonchev–Trinajstić information content (AvgIpc) is 2.59. The molecule has 0 radical (unpaired) electrons. The lowest BCUT2D eigenvalue weighted by Gasteiger charge is -2.20. The number of methoxy groups -OCH3 is 3. The molecule has 0 aliphatic heterocycles. The molecule has 1 atom stereocenters. The molecule has 2 rings (SSSR count). The van der Waals surface area contributed by atoms with E-state index in [-0.39, 0.29) is 18.3 Å². The molecule has 2 aromatic carbocycles. The molecular formula is C18H22O5. The van der Waals surface area contributed by atoms with Crippen molar-refractivity contribution in [2.24, 2.45) is 0 Å². The van der Waals surface area contributed by atoms with E-state index in [0.29, 0.717) is 29.2 Å². The lowest BCUT2D eigenvalue weighted by Crippen LogP contribution is -2.05. The molecule has 0 spiro atoms. The zero-order valence-electron chi connectivity index (χ0n) is 13.6. The van der Waals surface area contributed by atoms with E-state index in [4.69, 9.17) is 14.2 Å². The molecule has 23 heavy (non-hydrogen) atoms. The van der Waals surface area contributed by atoms with E-state index in [0.717, 1.165) is 5.56 Å². The summed E-state index contributed by atoms with van der Waals surface area (Å²) in [5.41, 5.74) is 1.62. The number of rotatable bonds is 7. The van der Waals surface area contributed by atoms with Crippen LogP contribution >= 0.6 is 0 Å². The Morgan fingerprint density at radius 2 is 1.65 bits per heavy atom. The summed E-state index contributed by atoms with van der Waals surface area (Å²) < 4.78 is 15.8. The summed E-state index contributed by atoms with van der Waals surface area (Å²) in [6.45, 7) is -0.00430. The van der Waals surface area contributed by atoms with Crippen molar-refractivity contribution in [1.82, 2.24) is 0 Å². The zero-order chi connectivity index (χ0) is 16.8. The first-order chi connectivity index (χ1) is 11.1. The maximum absolute atomic E-state index is 10.2. The Balaban J connectivity index is 2.50. The molecule has 0 amide bonds. The van der Waals surface area contributed by atoms with E-state index in [1.54, 1.807) is 39.5 Å². The van der Waals surface area contributed by atoms with Crippen LogP contribution in [0.1, 0.15) is 23.5 Å². The van der Waals surface area contributed by atoms with Crippen molar-refractivity contribution in [2.45, 2.75) is 12.3 Å². The van der Waals surface area contributed by atoms with E-state index < -0.39 is 0 Å². The third-order valence-corrected chi connectivity index (χ3v) is 3.84. The summed E-state index contributed by atoms with van der Waals surface area (Å²) in [5.74, 6) is 1.87. The van der Waals surface area contributed by atoms with Gasteiger partial charge in [0.25, 0.3) is 0 Å². The number of ether oxygens (including phenoxy) is 3. The van der Waals surface area contributed by atoms with Crippen molar-refractivity contribution in [1.29, 1.82) is 0 Å². The van der Waals surface area contributed by atoms with Crippen LogP contribution in [0, 0.1) is 0 Å². The molecule has 5 heteroatoms. The first-order valence-corrected chi connectivity index (χ1v) is 7.34. The van der Waals surface area contributed by atoms with Gasteiger partial charge in [-0.15, -0.1) is 0 Å². The van der Waals surface area contributed by atoms with Crippen molar-refractivity contribution in [2.75, 3.05) is 27.9 Å². The van der Waals surface area contributed by atoms with Crippen molar-refractivity contribution in [3.8, 4) is 23.0 Å². The van der Waals surface area contributed by atoms with Gasteiger partial charge in [-0.1, -0.05) is 6.07 Å². The molecule has 0 fully saturated rings. The maximum atomic E-state index is 10.2. The summed E-state index contributed by atoms with van der Waals surface area (Å²) >= 11 is 0. The van der Waals surface area contributed by atoms with Crippen molar-refractivity contribution in [3.05, 3.63) is 47.5 Å². The van der Waals surface area contributed by atoms with Crippen molar-refractivity contribution in [3.63, 3.8) is 0 Å². The van der Waals surface area contributed by atoms with Crippen LogP contribution in [0.3, 0.4) is 0 Å². The predicted octanol–water partition coefficient (Wildman–Crippen LogP) is 2.93. The molecule has 0 heterocycles. The van der Waals surface area contributed by atoms with Crippen LogP contribution in [-0.2, 0) is 0 Å². The fourth-order valence-electron chi connectivity index (χ4n) is 2.64. The van der Waals surface area contributed by atoms with E-state index in [1.807, 2.05) is 18.2 Å². The van der Waals surface area contributed by atoms with Gasteiger partial charge in [-0.05, 0) is 42.3 Å². The molecular weight excluding hydrogens is 296 g/mol. The van der Waals surface area contributed by atoms with Gasteiger partial charge in [0, 0.05) is 18.1 Å². The van der Waals surface area contributed by atoms with Gasteiger partial charge in [0.2, 0.25) is 0 Å². The van der Waals surface area contributed by atoms with E-state index >= 15 is 0 Å². The van der Waals surface area contributed by atoms with Crippen LogP contribution in [0.4, 0.5) is 0 Å². The standard InChI is InChI=1S/C18H22O5/c1-21-13-5-6-16(20)15(11-13)14(8-9-19)12-4-7-17(22-2)18(10-12)23-3/h4-7,10-11,14,19-20H,8-9H2,1-3H3. The van der Waals surface area contributed by atoms with Crippen molar-refractivity contribution >= 4 is 0 Å². The fourth-order valence-corrected chi connectivity index (χ4v) is 2.64. The molecule has 1 unspecified atom stereocenters. The van der Waals surface area contributed by atoms with Gasteiger partial charge >= 0.3 is 0 Å². The highest BCUT2D eigenvalue weighted by Gasteiger charge is 2.20. The van der Waals surface area contributed by atoms with Crippen LogP contribution in [0.2, 0.25) is 0 Å². The van der Waals surface area contributed by atoms with Crippen molar-refractivity contribution < 1.29 is 24.4 Å². The number of hydrogen-bond donors (Lipinski definition) is 2. The Hall–Kier alpha value is -2.40. The second-order valence-electron chi connectivity index (χ2n) is 5.10. The Bertz CT molecular complexity index is 654. The van der Waals surface area contributed by atoms with Crippen LogP contribution in [0.5, 0.6) is 23.0 Å². The second kappa shape index (κ2) is 7.74. The minimum atomic E-state index is -0.185. The zero-order valence-corrected chi connectivity index (χ0v) is 13.6. The number of phenols is 1. The molecule has 2 N–H and O–H groups in total. The Kier molecular flexibility index (Phi) is 5.71. The van der Waals surface area contributed by atoms with Gasteiger partial charge in [0.15, 0.2) is 11.5 Å². The highest BCUT2D eigenvalue weighted by molar-refractivity contribution is 5.50. The maximum Gasteiger partial charge on any atom is 0.161 e. The second-order valence-corrected chi connectivity index (χ2v) is 5.10. The lowest BCUT2D eigenvalue weighted by atomic mass is 9.87. The minimum absolute atomic E-state index is 0.00430. The molecule has 5 nitrogen and oxygen atoms in total. The van der Waals surface area contributed by atoms with Gasteiger partial charge in [-0.3, -0.25) is 0 Å². The van der Waals surface area contributed by atoms with Gasteiger partial charge in [-0.2, -0.15) is 0 Å². The first-order valence-electron chi connectivity index (χ1n) is 7.34. The van der Waals surface area contributed by atoms with Crippen LogP contribution in [0.25, 0.3) is 0 Å². The highest BCUT2D eigenvalue weighted by Crippen LogP contribution is 2.39. The number of phenolic OH excluding ortho intramolecular Hbond substituents is 1. The monoisotopic (exact) mass is 318 g/mol. The number of aliphatic hydroxyl groups is 1. The minimum Gasteiger partial charge on any atom is -0.508 e. The van der Waals surface area contributed by atoms with E-state index in [9.17, 15) is 10.2 Å². The summed E-state index contributed by atoms with van der Waals surface area (Å²) in [6, 6.07) is 10.7. The topological polar surface area (TPSA) is 68.2 Å². The summed E-state index contributed by atoms with van der Waals surface area (Å²) in [7, 11) is 4.73. The van der Waals surface area contributed by atoms with Crippen LogP contribution < -0.4 is 14.2 Å². The summed E-state index contributed by atoms with van der Waals surface area (Å²) in [4.78, 5) is 0. The average molecular weight is 318 g/mol. The Labute approximate surface area is 136 Å². The lowest BCUT2D eigenvalue weighted by molar-refractivity contribution is 0.280. The van der Waals surface area contributed by atoms with E-state index in [1.165, 1.54) is 0 Å². The molecule has 0 saturated heterocycles. The molecule has 124 valence electrons. The fraction of sp³-hybridized carbons (Fsp3) is 0.333. The third kappa shape index (κ3) is 3.68. The Morgan fingerprint density at radius 1 is 0.913 bits per heavy atom. The smallest absolute Gasteiger partial charge is 0.161 e. The first kappa shape index (κ1) is 17.0. The molecule has 2 aromatic rings. The molecule has 0 aliphatic carbocycles. The van der Waals surface area contributed by atoms with Gasteiger partial charge in [-0.25, -0.2) is 0 Å². The molecule has 0 bridgehead atoms. The number of benzene rings is 2. The molecule has 0 aromatic heterocycles. The summed E-state index contributed by atoms with van der Waals surface area (Å²) in [6.07, 6.45) is 0.468. The number of aromatic hydroxyl groups is 1.